The number of fused-ring (bicyclic) bond motifs is 1. The molecule has 1 aromatic rings. The summed E-state index contributed by atoms with van der Waals surface area (Å²) in [5, 5.41) is 24.0. The van der Waals surface area contributed by atoms with E-state index in [9.17, 15) is 14.7 Å². The van der Waals surface area contributed by atoms with Crippen molar-refractivity contribution in [1.29, 1.82) is 0 Å². The molecule has 1 aliphatic rings. The Bertz CT molecular complexity index is 528. The maximum Gasteiger partial charge on any atom is 0.337 e. The van der Waals surface area contributed by atoms with Crippen LogP contribution in [-0.2, 0) is 16.0 Å². The summed E-state index contributed by atoms with van der Waals surface area (Å²) in [4.78, 5) is 22.9. The summed E-state index contributed by atoms with van der Waals surface area (Å²) < 4.78 is 0. The number of carboxylic acid groups (broad SMARTS) is 1. The third kappa shape index (κ3) is 2.97. The summed E-state index contributed by atoms with van der Waals surface area (Å²) in [6, 6.07) is 7.13. The molecule has 2 rings (SSSR count). The number of aliphatic hydroxyl groups is 1. The maximum absolute atomic E-state index is 12.2. The van der Waals surface area contributed by atoms with Crippen molar-refractivity contribution in [3.8, 4) is 0 Å². The van der Waals surface area contributed by atoms with Crippen LogP contribution < -0.4 is 10.6 Å². The van der Waals surface area contributed by atoms with Crippen LogP contribution in [0.1, 0.15) is 24.1 Å². The van der Waals surface area contributed by atoms with E-state index in [1.54, 1.807) is 0 Å². The van der Waals surface area contributed by atoms with Crippen molar-refractivity contribution in [2.75, 3.05) is 13.1 Å². The Kier molecular flexibility index (Phi) is 4.06. The highest BCUT2D eigenvalue weighted by Crippen LogP contribution is 2.22. The van der Waals surface area contributed by atoms with Crippen LogP contribution in [0.25, 0.3) is 0 Å². The molecule has 0 spiro atoms. The Balaban J connectivity index is 2.06. The minimum absolute atomic E-state index is 0.332. The summed E-state index contributed by atoms with van der Waals surface area (Å²) in [6.07, 6.45) is 0.854. The van der Waals surface area contributed by atoms with Gasteiger partial charge in [-0.25, -0.2) is 4.79 Å². The van der Waals surface area contributed by atoms with Crippen molar-refractivity contribution >= 4 is 11.9 Å². The lowest BCUT2D eigenvalue weighted by molar-refractivity contribution is -0.156. The van der Waals surface area contributed by atoms with Gasteiger partial charge in [0, 0.05) is 6.54 Å². The molecule has 0 saturated heterocycles. The number of hydrogen-bond donors (Lipinski definition) is 4. The predicted octanol–water partition coefficient (Wildman–Crippen LogP) is -0.175. The van der Waals surface area contributed by atoms with Crippen LogP contribution in [0.5, 0.6) is 0 Å². The molecule has 4 N–H and O–H groups in total. The van der Waals surface area contributed by atoms with Crippen LogP contribution in [0.2, 0.25) is 0 Å². The normalized spacial score (nSPS) is 20.6. The number of carboxylic acids is 1. The van der Waals surface area contributed by atoms with Gasteiger partial charge in [-0.05, 0) is 24.5 Å². The summed E-state index contributed by atoms with van der Waals surface area (Å²) in [6.45, 7) is 1.50. The number of amides is 1. The molecule has 0 radical (unpaired) electrons. The highest BCUT2D eigenvalue weighted by molar-refractivity contribution is 5.85. The van der Waals surface area contributed by atoms with Crippen molar-refractivity contribution in [2.24, 2.45) is 0 Å². The SMILES string of the molecule is CC(O)(CNC(=O)C1NCCc2ccccc21)C(=O)O. The summed E-state index contributed by atoms with van der Waals surface area (Å²) in [5.74, 6) is -1.70. The van der Waals surface area contributed by atoms with Crippen molar-refractivity contribution in [3.05, 3.63) is 35.4 Å². The molecular formula is C14H18N2O4. The average Bonchev–Trinajstić information content (AvgIpc) is 2.44. The van der Waals surface area contributed by atoms with Gasteiger partial charge in [-0.15, -0.1) is 0 Å². The monoisotopic (exact) mass is 278 g/mol. The van der Waals surface area contributed by atoms with E-state index < -0.39 is 17.6 Å². The summed E-state index contributed by atoms with van der Waals surface area (Å²) >= 11 is 0. The average molecular weight is 278 g/mol. The standard InChI is InChI=1S/C14H18N2O4/c1-14(20,13(18)19)8-16-12(17)11-10-5-3-2-4-9(10)6-7-15-11/h2-5,11,15,20H,6-8H2,1H3,(H,16,17)(H,18,19). The van der Waals surface area contributed by atoms with Crippen LogP contribution in [-0.4, -0.2) is 40.8 Å². The topological polar surface area (TPSA) is 98.7 Å². The zero-order valence-electron chi connectivity index (χ0n) is 11.2. The third-order valence-electron chi connectivity index (χ3n) is 3.44. The van der Waals surface area contributed by atoms with E-state index in [2.05, 4.69) is 10.6 Å². The molecule has 0 bridgehead atoms. The van der Waals surface area contributed by atoms with Gasteiger partial charge < -0.3 is 20.8 Å². The van der Waals surface area contributed by atoms with Gasteiger partial charge in [0.05, 0.1) is 6.54 Å². The number of benzene rings is 1. The lowest BCUT2D eigenvalue weighted by Crippen LogP contribution is -2.49. The maximum atomic E-state index is 12.2. The lowest BCUT2D eigenvalue weighted by Gasteiger charge is -2.27. The minimum atomic E-state index is -1.97. The zero-order valence-corrected chi connectivity index (χ0v) is 11.2. The highest BCUT2D eigenvalue weighted by atomic mass is 16.4. The van der Waals surface area contributed by atoms with Gasteiger partial charge in [0.15, 0.2) is 5.60 Å². The minimum Gasteiger partial charge on any atom is -0.479 e. The number of nitrogens with one attached hydrogen (secondary N) is 2. The molecule has 0 saturated carbocycles. The largest absolute Gasteiger partial charge is 0.479 e. The van der Waals surface area contributed by atoms with E-state index in [0.29, 0.717) is 6.54 Å². The van der Waals surface area contributed by atoms with E-state index in [1.165, 1.54) is 0 Å². The second-order valence-corrected chi connectivity index (χ2v) is 5.13. The van der Waals surface area contributed by atoms with E-state index in [-0.39, 0.29) is 12.5 Å². The van der Waals surface area contributed by atoms with Gasteiger partial charge in [-0.2, -0.15) is 0 Å². The van der Waals surface area contributed by atoms with E-state index in [4.69, 9.17) is 5.11 Å². The van der Waals surface area contributed by atoms with E-state index in [0.717, 1.165) is 24.5 Å². The lowest BCUT2D eigenvalue weighted by atomic mass is 9.94. The second-order valence-electron chi connectivity index (χ2n) is 5.13. The molecule has 0 aromatic heterocycles. The molecule has 2 atom stereocenters. The van der Waals surface area contributed by atoms with Gasteiger partial charge in [0.1, 0.15) is 6.04 Å². The second kappa shape index (κ2) is 5.60. The van der Waals surface area contributed by atoms with Crippen molar-refractivity contribution in [1.82, 2.24) is 10.6 Å². The Labute approximate surface area is 116 Å². The zero-order chi connectivity index (χ0) is 14.8. The molecule has 1 aliphatic heterocycles. The molecule has 0 fully saturated rings. The molecule has 6 heteroatoms. The number of carbonyl (C=O) groups excluding carboxylic acids is 1. The Hall–Kier alpha value is -1.92. The fourth-order valence-electron chi connectivity index (χ4n) is 2.18. The number of carbonyl (C=O) groups is 2. The first-order chi connectivity index (χ1) is 9.42. The van der Waals surface area contributed by atoms with Gasteiger partial charge in [-0.1, -0.05) is 24.3 Å². The fraction of sp³-hybridized carbons (Fsp3) is 0.429. The van der Waals surface area contributed by atoms with E-state index in [1.807, 2.05) is 24.3 Å². The van der Waals surface area contributed by atoms with Crippen molar-refractivity contribution < 1.29 is 19.8 Å². The quantitative estimate of drug-likeness (QED) is 0.612. The summed E-state index contributed by atoms with van der Waals surface area (Å²) in [5.41, 5.74) is 0.0340. The number of aliphatic carboxylic acids is 1. The predicted molar refractivity (Wildman–Crippen MR) is 72.2 cm³/mol. The number of hydrogen-bond acceptors (Lipinski definition) is 4. The first-order valence-electron chi connectivity index (χ1n) is 6.46. The van der Waals surface area contributed by atoms with Crippen molar-refractivity contribution in [2.45, 2.75) is 25.0 Å². The molecule has 108 valence electrons. The first-order valence-corrected chi connectivity index (χ1v) is 6.46. The summed E-state index contributed by atoms with van der Waals surface area (Å²) in [7, 11) is 0. The van der Waals surface area contributed by atoms with Crippen LogP contribution in [0.4, 0.5) is 0 Å². The first kappa shape index (κ1) is 14.5. The van der Waals surface area contributed by atoms with Crippen LogP contribution in [0.3, 0.4) is 0 Å². The molecule has 20 heavy (non-hydrogen) atoms. The van der Waals surface area contributed by atoms with Crippen molar-refractivity contribution in [3.63, 3.8) is 0 Å². The Morgan fingerprint density at radius 3 is 2.85 bits per heavy atom. The van der Waals surface area contributed by atoms with Crippen LogP contribution >= 0.6 is 0 Å². The third-order valence-corrected chi connectivity index (χ3v) is 3.44. The van der Waals surface area contributed by atoms with Gasteiger partial charge >= 0.3 is 5.97 Å². The molecule has 6 nitrogen and oxygen atoms in total. The molecule has 1 heterocycles. The molecule has 0 aliphatic carbocycles. The number of rotatable bonds is 4. The highest BCUT2D eigenvalue weighted by Gasteiger charge is 2.32. The van der Waals surface area contributed by atoms with E-state index >= 15 is 0 Å². The molecule has 2 unspecified atom stereocenters. The van der Waals surface area contributed by atoms with Gasteiger partial charge in [-0.3, -0.25) is 4.79 Å². The smallest absolute Gasteiger partial charge is 0.337 e. The Morgan fingerprint density at radius 2 is 2.15 bits per heavy atom. The molecule has 1 amide bonds. The van der Waals surface area contributed by atoms with Crippen LogP contribution in [0, 0.1) is 0 Å². The van der Waals surface area contributed by atoms with Gasteiger partial charge in [0.25, 0.3) is 0 Å². The van der Waals surface area contributed by atoms with Gasteiger partial charge in [0.2, 0.25) is 5.91 Å². The molecule has 1 aromatic carbocycles. The molecular weight excluding hydrogens is 260 g/mol. The van der Waals surface area contributed by atoms with Crippen LogP contribution in [0.15, 0.2) is 24.3 Å². The fourth-order valence-corrected chi connectivity index (χ4v) is 2.18. The Morgan fingerprint density at radius 1 is 1.45 bits per heavy atom.